The Morgan fingerprint density at radius 3 is 1.96 bits per heavy atom. The molecular formula is C15H31N5O4. The number of carboxylic acid groups (broad SMARTS) is 1. The molecule has 9 N–H and O–H groups in total. The summed E-state index contributed by atoms with van der Waals surface area (Å²) in [5, 5.41) is 14.0. The minimum absolute atomic E-state index is 0.289. The van der Waals surface area contributed by atoms with Crippen molar-refractivity contribution in [2.45, 2.75) is 63.6 Å². The van der Waals surface area contributed by atoms with Gasteiger partial charge in [-0.3, -0.25) is 9.59 Å². The lowest BCUT2D eigenvalue weighted by Crippen LogP contribution is -2.53. The normalized spacial score (nSPS) is 14.5. The SMILES string of the molecule is CC(NC(=O)C(N)CCCCN)C(=O)NC(CCCCN)C(=O)O. The molecule has 0 saturated heterocycles. The molecule has 0 fully saturated rings. The van der Waals surface area contributed by atoms with E-state index >= 15 is 0 Å². The second-order valence-electron chi connectivity index (χ2n) is 5.81. The zero-order chi connectivity index (χ0) is 18.5. The fourth-order valence-electron chi connectivity index (χ4n) is 2.07. The minimum Gasteiger partial charge on any atom is -0.480 e. The van der Waals surface area contributed by atoms with Crippen LogP contribution in [0.1, 0.15) is 45.4 Å². The van der Waals surface area contributed by atoms with E-state index in [4.69, 9.17) is 22.3 Å². The van der Waals surface area contributed by atoms with Gasteiger partial charge in [0.2, 0.25) is 11.8 Å². The van der Waals surface area contributed by atoms with Crippen molar-refractivity contribution in [1.82, 2.24) is 10.6 Å². The molecule has 0 aromatic rings. The lowest BCUT2D eigenvalue weighted by molar-refractivity contribution is -0.142. The predicted octanol–water partition coefficient (Wildman–Crippen LogP) is -1.35. The van der Waals surface area contributed by atoms with Gasteiger partial charge in [-0.1, -0.05) is 6.42 Å². The van der Waals surface area contributed by atoms with Gasteiger partial charge in [0.25, 0.3) is 0 Å². The lowest BCUT2D eigenvalue weighted by Gasteiger charge is -2.20. The molecule has 24 heavy (non-hydrogen) atoms. The van der Waals surface area contributed by atoms with Gasteiger partial charge in [0, 0.05) is 0 Å². The van der Waals surface area contributed by atoms with Gasteiger partial charge in [0.1, 0.15) is 12.1 Å². The number of nitrogens with one attached hydrogen (secondary N) is 2. The summed E-state index contributed by atoms with van der Waals surface area (Å²) in [4.78, 5) is 35.1. The molecule has 3 atom stereocenters. The van der Waals surface area contributed by atoms with Gasteiger partial charge in [-0.25, -0.2) is 4.79 Å². The maximum Gasteiger partial charge on any atom is 0.326 e. The topological polar surface area (TPSA) is 174 Å². The van der Waals surface area contributed by atoms with Gasteiger partial charge in [-0.2, -0.15) is 0 Å². The Bertz CT molecular complexity index is 405. The molecule has 0 radical (unpaired) electrons. The first-order chi connectivity index (χ1) is 11.3. The molecule has 9 heteroatoms. The molecule has 0 saturated carbocycles. The fraction of sp³-hybridized carbons (Fsp3) is 0.800. The molecule has 0 aromatic carbocycles. The number of carboxylic acids is 1. The Labute approximate surface area is 142 Å². The van der Waals surface area contributed by atoms with E-state index in [0.717, 1.165) is 12.8 Å². The van der Waals surface area contributed by atoms with Crippen molar-refractivity contribution in [1.29, 1.82) is 0 Å². The molecule has 2 amide bonds. The number of carbonyl (C=O) groups is 3. The fourth-order valence-corrected chi connectivity index (χ4v) is 2.07. The maximum absolute atomic E-state index is 12.0. The monoisotopic (exact) mass is 345 g/mol. The summed E-state index contributed by atoms with van der Waals surface area (Å²) >= 11 is 0. The number of hydrogen-bond acceptors (Lipinski definition) is 6. The molecule has 0 aliphatic carbocycles. The third-order valence-corrected chi connectivity index (χ3v) is 3.62. The molecule has 140 valence electrons. The summed E-state index contributed by atoms with van der Waals surface area (Å²) in [7, 11) is 0. The first-order valence-corrected chi connectivity index (χ1v) is 8.32. The second-order valence-corrected chi connectivity index (χ2v) is 5.81. The molecule has 0 heterocycles. The van der Waals surface area contributed by atoms with Gasteiger partial charge < -0.3 is 32.9 Å². The molecule has 0 aliphatic rings. The predicted molar refractivity (Wildman–Crippen MR) is 91.0 cm³/mol. The van der Waals surface area contributed by atoms with Crippen molar-refractivity contribution < 1.29 is 19.5 Å². The van der Waals surface area contributed by atoms with Crippen LogP contribution < -0.4 is 27.8 Å². The molecule has 0 bridgehead atoms. The summed E-state index contributed by atoms with van der Waals surface area (Å²) < 4.78 is 0. The molecule has 0 aromatic heterocycles. The van der Waals surface area contributed by atoms with E-state index in [-0.39, 0.29) is 6.42 Å². The number of aliphatic carboxylic acids is 1. The van der Waals surface area contributed by atoms with E-state index in [2.05, 4.69) is 10.6 Å². The third kappa shape index (κ3) is 9.43. The first kappa shape index (κ1) is 22.3. The van der Waals surface area contributed by atoms with Crippen molar-refractivity contribution in [3.05, 3.63) is 0 Å². The Morgan fingerprint density at radius 2 is 1.46 bits per heavy atom. The van der Waals surface area contributed by atoms with Gasteiger partial charge in [0.05, 0.1) is 6.04 Å². The van der Waals surface area contributed by atoms with Crippen LogP contribution in [0.3, 0.4) is 0 Å². The van der Waals surface area contributed by atoms with Crippen LogP contribution in [0.15, 0.2) is 0 Å². The molecular weight excluding hydrogens is 314 g/mol. The van der Waals surface area contributed by atoms with Gasteiger partial charge in [-0.15, -0.1) is 0 Å². The van der Waals surface area contributed by atoms with Gasteiger partial charge >= 0.3 is 5.97 Å². The Morgan fingerprint density at radius 1 is 0.917 bits per heavy atom. The van der Waals surface area contributed by atoms with E-state index in [1.165, 1.54) is 6.92 Å². The summed E-state index contributed by atoms with van der Waals surface area (Å²) in [5.41, 5.74) is 16.5. The van der Waals surface area contributed by atoms with Crippen LogP contribution in [0, 0.1) is 0 Å². The van der Waals surface area contributed by atoms with Crippen LogP contribution in [0.4, 0.5) is 0 Å². The standard InChI is InChI=1S/C15H31N5O4/c1-10(19-14(22)11(18)6-2-4-8-16)13(21)20-12(15(23)24)7-3-5-9-17/h10-12H,2-9,16-18H2,1H3,(H,19,22)(H,20,21)(H,23,24). The number of hydrogen-bond donors (Lipinski definition) is 6. The molecule has 0 spiro atoms. The second kappa shape index (κ2) is 12.7. The summed E-state index contributed by atoms with van der Waals surface area (Å²) in [6, 6.07) is -2.58. The zero-order valence-electron chi connectivity index (χ0n) is 14.3. The Hall–Kier alpha value is -1.71. The molecule has 9 nitrogen and oxygen atoms in total. The highest BCUT2D eigenvalue weighted by atomic mass is 16.4. The van der Waals surface area contributed by atoms with Crippen molar-refractivity contribution in [2.75, 3.05) is 13.1 Å². The smallest absolute Gasteiger partial charge is 0.326 e. The quantitative estimate of drug-likeness (QED) is 0.224. The minimum atomic E-state index is -1.11. The number of rotatable bonds is 13. The van der Waals surface area contributed by atoms with E-state index in [0.29, 0.717) is 32.4 Å². The third-order valence-electron chi connectivity index (χ3n) is 3.62. The van der Waals surface area contributed by atoms with Crippen LogP contribution in [0.25, 0.3) is 0 Å². The van der Waals surface area contributed by atoms with Crippen LogP contribution >= 0.6 is 0 Å². The van der Waals surface area contributed by atoms with E-state index in [1.807, 2.05) is 0 Å². The van der Waals surface area contributed by atoms with Crippen molar-refractivity contribution in [3.8, 4) is 0 Å². The van der Waals surface area contributed by atoms with Crippen molar-refractivity contribution in [2.24, 2.45) is 17.2 Å². The van der Waals surface area contributed by atoms with Gasteiger partial charge in [0.15, 0.2) is 0 Å². The average molecular weight is 345 g/mol. The first-order valence-electron chi connectivity index (χ1n) is 8.32. The summed E-state index contributed by atoms with van der Waals surface area (Å²) in [6.07, 6.45) is 3.56. The maximum atomic E-state index is 12.0. The highest BCUT2D eigenvalue weighted by Crippen LogP contribution is 2.02. The highest BCUT2D eigenvalue weighted by Gasteiger charge is 2.24. The highest BCUT2D eigenvalue weighted by molar-refractivity contribution is 5.91. The lowest BCUT2D eigenvalue weighted by atomic mass is 10.1. The van der Waals surface area contributed by atoms with Crippen molar-refractivity contribution in [3.63, 3.8) is 0 Å². The van der Waals surface area contributed by atoms with Crippen LogP contribution in [-0.2, 0) is 14.4 Å². The van der Waals surface area contributed by atoms with Crippen molar-refractivity contribution >= 4 is 17.8 Å². The van der Waals surface area contributed by atoms with E-state index in [9.17, 15) is 14.4 Å². The Kier molecular flexibility index (Phi) is 11.8. The van der Waals surface area contributed by atoms with Crippen LogP contribution in [-0.4, -0.2) is 54.1 Å². The van der Waals surface area contributed by atoms with Crippen LogP contribution in [0.2, 0.25) is 0 Å². The average Bonchev–Trinajstić information content (AvgIpc) is 2.53. The van der Waals surface area contributed by atoms with Crippen LogP contribution in [0.5, 0.6) is 0 Å². The number of nitrogens with two attached hydrogens (primary N) is 3. The number of amides is 2. The summed E-state index contributed by atoms with van der Waals surface area (Å²) in [5.74, 6) is -2.11. The molecule has 0 aliphatic heterocycles. The molecule has 0 rings (SSSR count). The van der Waals surface area contributed by atoms with E-state index < -0.39 is 35.9 Å². The number of unbranched alkanes of at least 4 members (excludes halogenated alkanes) is 2. The summed E-state index contributed by atoms with van der Waals surface area (Å²) in [6.45, 7) is 2.49. The zero-order valence-corrected chi connectivity index (χ0v) is 14.3. The number of carbonyl (C=O) groups excluding carboxylic acids is 2. The Balaban J connectivity index is 4.36. The van der Waals surface area contributed by atoms with E-state index in [1.54, 1.807) is 0 Å². The largest absolute Gasteiger partial charge is 0.480 e. The van der Waals surface area contributed by atoms with Gasteiger partial charge in [-0.05, 0) is 52.1 Å². The molecule has 3 unspecified atom stereocenters.